The van der Waals surface area contributed by atoms with Gasteiger partial charge in [-0.1, -0.05) is 42.5 Å². The van der Waals surface area contributed by atoms with E-state index in [1.54, 1.807) is 12.1 Å². The number of aryl methyl sites for hydroxylation is 1. The Balaban J connectivity index is 2.03. The first-order valence-electron chi connectivity index (χ1n) is 13.3. The van der Waals surface area contributed by atoms with Crippen molar-refractivity contribution in [1.82, 2.24) is 10.6 Å². The second-order valence-corrected chi connectivity index (χ2v) is 12.3. The number of rotatable bonds is 19. The predicted molar refractivity (Wildman–Crippen MR) is 153 cm³/mol. The van der Waals surface area contributed by atoms with E-state index in [4.69, 9.17) is 15.2 Å². The van der Waals surface area contributed by atoms with Crippen LogP contribution in [0.5, 0.6) is 5.75 Å². The predicted octanol–water partition coefficient (Wildman–Crippen LogP) is 1.48. The maximum atomic E-state index is 13.2. The molecule has 0 saturated heterocycles. The van der Waals surface area contributed by atoms with Gasteiger partial charge in [-0.05, 0) is 43.0 Å². The molecule has 7 N–H and O–H groups in total. The molecule has 0 aromatic heterocycles. The number of nitrogens with one attached hydrogen (secondary N) is 2. The molecule has 0 fully saturated rings. The first-order valence-corrected chi connectivity index (χ1v) is 15.2. The van der Waals surface area contributed by atoms with E-state index in [-0.39, 0.29) is 38.4 Å². The number of ether oxygens (including phenoxy) is 2. The van der Waals surface area contributed by atoms with Gasteiger partial charge in [-0.25, -0.2) is 0 Å². The molecule has 2 amide bonds. The van der Waals surface area contributed by atoms with E-state index in [9.17, 15) is 34.1 Å². The Morgan fingerprint density at radius 3 is 2.24 bits per heavy atom. The topological polar surface area (TPSA) is 198 Å². The van der Waals surface area contributed by atoms with E-state index < -0.39 is 49.1 Å². The highest BCUT2D eigenvalue weighted by atomic mass is 31.2. The number of carboxylic acid groups (broad SMARTS) is 1. The molecule has 0 bridgehead atoms. The fraction of sp³-hybridized carbons (Fsp3) is 0.464. The fourth-order valence-corrected chi connectivity index (χ4v) is 5.56. The summed E-state index contributed by atoms with van der Waals surface area (Å²) < 4.78 is 23.6. The standard InChI is InChI=1S/C28H40N3O9P/c1-20(41(37,38)19-23(28(35)36)10-7-21-5-3-2-4-6-21)30-27(34)25(17-22-8-11-24(32)12-9-22)31-26(33)18-40-16-15-39-14-13-29/h2-6,8-9,11-12,20,23,25,32H,7,10,13-19,29H2,1H3,(H,30,34)(H,31,33)(H,35,36)(H,37,38)/t20-,23-,25+/m1/s1. The molecule has 0 aliphatic rings. The van der Waals surface area contributed by atoms with Gasteiger partial charge in [0, 0.05) is 19.1 Å². The summed E-state index contributed by atoms with van der Waals surface area (Å²) in [6.45, 7) is 2.09. The Morgan fingerprint density at radius 1 is 0.951 bits per heavy atom. The van der Waals surface area contributed by atoms with E-state index in [1.807, 2.05) is 30.3 Å². The van der Waals surface area contributed by atoms with E-state index >= 15 is 0 Å². The Labute approximate surface area is 239 Å². The SMILES string of the molecule is C[C@H](NC(=O)[C@H](Cc1ccc(O)cc1)NC(=O)COCCOCCN)P(=O)(O)C[C@@H](CCc1ccccc1)C(=O)O. The molecule has 4 atom stereocenters. The lowest BCUT2D eigenvalue weighted by Gasteiger charge is -2.26. The maximum Gasteiger partial charge on any atom is 0.307 e. The van der Waals surface area contributed by atoms with Crippen LogP contribution in [0.1, 0.15) is 24.5 Å². The largest absolute Gasteiger partial charge is 0.508 e. The lowest BCUT2D eigenvalue weighted by atomic mass is 10.0. The number of hydrogen-bond donors (Lipinski definition) is 6. The summed E-state index contributed by atoms with van der Waals surface area (Å²) in [6, 6.07) is 14.1. The number of aliphatic carboxylic acids is 1. The van der Waals surface area contributed by atoms with Gasteiger partial charge in [0.25, 0.3) is 0 Å². The Bertz CT molecular complexity index is 1150. The second kappa shape index (κ2) is 17.5. The van der Waals surface area contributed by atoms with Crippen LogP contribution in [0.3, 0.4) is 0 Å². The number of carboxylic acids is 1. The molecular weight excluding hydrogens is 553 g/mol. The van der Waals surface area contributed by atoms with Gasteiger partial charge in [0.15, 0.2) is 0 Å². The minimum atomic E-state index is -4.17. The summed E-state index contributed by atoms with van der Waals surface area (Å²) in [5, 5.41) is 24.3. The van der Waals surface area contributed by atoms with Crippen LogP contribution in [0.2, 0.25) is 0 Å². The number of carbonyl (C=O) groups is 3. The smallest absolute Gasteiger partial charge is 0.307 e. The summed E-state index contributed by atoms with van der Waals surface area (Å²) in [5.41, 5.74) is 6.87. The fourth-order valence-electron chi connectivity index (χ4n) is 3.94. The van der Waals surface area contributed by atoms with Crippen molar-refractivity contribution in [2.45, 2.75) is 38.0 Å². The number of hydrogen-bond acceptors (Lipinski definition) is 8. The summed E-state index contributed by atoms with van der Waals surface area (Å²) in [4.78, 5) is 48.3. The summed E-state index contributed by atoms with van der Waals surface area (Å²) in [7, 11) is -4.17. The zero-order valence-electron chi connectivity index (χ0n) is 23.1. The molecule has 13 heteroatoms. The molecule has 41 heavy (non-hydrogen) atoms. The van der Waals surface area contributed by atoms with E-state index in [1.165, 1.54) is 19.1 Å². The maximum absolute atomic E-state index is 13.2. The highest BCUT2D eigenvalue weighted by Crippen LogP contribution is 2.47. The average Bonchev–Trinajstić information content (AvgIpc) is 2.94. The minimum Gasteiger partial charge on any atom is -0.508 e. The Morgan fingerprint density at radius 2 is 1.61 bits per heavy atom. The zero-order chi connectivity index (χ0) is 30.3. The van der Waals surface area contributed by atoms with Crippen LogP contribution in [0.4, 0.5) is 0 Å². The molecule has 0 radical (unpaired) electrons. The number of phenolic OH excluding ortho intramolecular Hbond substituents is 1. The van der Waals surface area contributed by atoms with Crippen molar-refractivity contribution in [3.8, 4) is 5.75 Å². The molecule has 12 nitrogen and oxygen atoms in total. The quantitative estimate of drug-likeness (QED) is 0.102. The molecule has 2 aromatic carbocycles. The van der Waals surface area contributed by atoms with Crippen LogP contribution >= 0.6 is 7.37 Å². The first-order chi connectivity index (χ1) is 19.5. The Hall–Kier alpha value is -3.28. The first kappa shape index (κ1) is 33.9. The third kappa shape index (κ3) is 12.8. The van der Waals surface area contributed by atoms with E-state index in [0.29, 0.717) is 25.1 Å². The monoisotopic (exact) mass is 593 g/mol. The van der Waals surface area contributed by atoms with Gasteiger partial charge in [-0.2, -0.15) is 0 Å². The summed E-state index contributed by atoms with van der Waals surface area (Å²) in [5.74, 6) is -4.85. The second-order valence-electron chi connectivity index (χ2n) is 9.63. The van der Waals surface area contributed by atoms with Crippen LogP contribution in [0.25, 0.3) is 0 Å². The molecule has 0 heterocycles. The number of nitrogens with two attached hydrogens (primary N) is 1. The molecule has 226 valence electrons. The van der Waals surface area contributed by atoms with Gasteiger partial charge < -0.3 is 40.9 Å². The highest BCUT2D eigenvalue weighted by Gasteiger charge is 2.35. The van der Waals surface area contributed by atoms with Crippen molar-refractivity contribution in [2.24, 2.45) is 11.7 Å². The lowest BCUT2D eigenvalue weighted by Crippen LogP contribution is -2.51. The van der Waals surface area contributed by atoms with Crippen LogP contribution in [-0.2, 0) is 41.3 Å². The molecule has 0 saturated carbocycles. The van der Waals surface area contributed by atoms with Crippen LogP contribution in [0.15, 0.2) is 54.6 Å². The van der Waals surface area contributed by atoms with Crippen molar-refractivity contribution in [3.05, 3.63) is 65.7 Å². The van der Waals surface area contributed by atoms with E-state index in [0.717, 1.165) is 5.56 Å². The molecule has 1 unspecified atom stereocenters. The zero-order valence-corrected chi connectivity index (χ0v) is 24.0. The molecular formula is C28H40N3O9P. The number of carbonyl (C=O) groups excluding carboxylic acids is 2. The third-order valence-corrected chi connectivity index (χ3v) is 8.61. The van der Waals surface area contributed by atoms with Crippen molar-refractivity contribution in [1.29, 1.82) is 0 Å². The van der Waals surface area contributed by atoms with Crippen molar-refractivity contribution < 1.29 is 43.5 Å². The van der Waals surface area contributed by atoms with Gasteiger partial charge in [-0.15, -0.1) is 0 Å². The normalized spacial score (nSPS) is 14.8. The van der Waals surface area contributed by atoms with Crippen molar-refractivity contribution in [3.63, 3.8) is 0 Å². The molecule has 0 spiro atoms. The van der Waals surface area contributed by atoms with Gasteiger partial charge in [0.1, 0.15) is 24.2 Å². The lowest BCUT2D eigenvalue weighted by molar-refractivity contribution is -0.141. The number of benzene rings is 2. The van der Waals surface area contributed by atoms with Gasteiger partial charge >= 0.3 is 5.97 Å². The molecule has 0 aliphatic heterocycles. The van der Waals surface area contributed by atoms with E-state index in [2.05, 4.69) is 10.6 Å². The number of phenols is 1. The summed E-state index contributed by atoms with van der Waals surface area (Å²) in [6.07, 6.45) is 0.0717. The average molecular weight is 594 g/mol. The van der Waals surface area contributed by atoms with Crippen molar-refractivity contribution in [2.75, 3.05) is 39.1 Å². The minimum absolute atomic E-state index is 0.0226. The van der Waals surface area contributed by atoms with Crippen molar-refractivity contribution >= 4 is 25.2 Å². The number of amides is 2. The van der Waals surface area contributed by atoms with Gasteiger partial charge in [0.05, 0.1) is 25.7 Å². The highest BCUT2D eigenvalue weighted by molar-refractivity contribution is 7.58. The molecule has 0 aliphatic carbocycles. The Kier molecular flexibility index (Phi) is 14.5. The van der Waals surface area contributed by atoms with Crippen LogP contribution in [0, 0.1) is 5.92 Å². The third-order valence-electron chi connectivity index (χ3n) is 6.31. The van der Waals surface area contributed by atoms with Crippen LogP contribution < -0.4 is 16.4 Å². The molecule has 2 aromatic rings. The summed E-state index contributed by atoms with van der Waals surface area (Å²) >= 11 is 0. The number of aromatic hydroxyl groups is 1. The van der Waals surface area contributed by atoms with Gasteiger partial charge in [-0.3, -0.25) is 18.9 Å². The van der Waals surface area contributed by atoms with Crippen LogP contribution in [-0.4, -0.2) is 83.8 Å². The molecule has 2 rings (SSSR count). The van der Waals surface area contributed by atoms with Gasteiger partial charge in [0.2, 0.25) is 19.2 Å².